The minimum absolute atomic E-state index is 0.0686. The maximum atomic E-state index is 12.8. The molecule has 0 aromatic heterocycles. The third-order valence-electron chi connectivity index (χ3n) is 4.90. The van der Waals surface area contributed by atoms with E-state index in [1.807, 2.05) is 48.5 Å². The first kappa shape index (κ1) is 18.6. The largest absolute Gasteiger partial charge is 0.395 e. The Labute approximate surface area is 163 Å². The number of aliphatic hydroxyl groups is 1. The molecule has 0 radical (unpaired) electrons. The van der Waals surface area contributed by atoms with E-state index in [0.717, 1.165) is 22.0 Å². The van der Waals surface area contributed by atoms with Crippen molar-refractivity contribution < 1.29 is 18.3 Å². The van der Waals surface area contributed by atoms with Crippen LogP contribution in [0.1, 0.15) is 5.56 Å². The number of aliphatic hydroxyl groups excluding tert-OH is 1. The van der Waals surface area contributed by atoms with Gasteiger partial charge in [0.2, 0.25) is 15.9 Å². The van der Waals surface area contributed by atoms with Gasteiger partial charge in [0, 0.05) is 12.2 Å². The third-order valence-corrected chi connectivity index (χ3v) is 6.42. The van der Waals surface area contributed by atoms with Crippen LogP contribution in [0.15, 0.2) is 71.6 Å². The predicted molar refractivity (Wildman–Crippen MR) is 108 cm³/mol. The summed E-state index contributed by atoms with van der Waals surface area (Å²) in [4.78, 5) is 14.0. The molecule has 0 bridgehead atoms. The zero-order valence-electron chi connectivity index (χ0n) is 15.1. The Morgan fingerprint density at radius 3 is 2.50 bits per heavy atom. The second-order valence-corrected chi connectivity index (χ2v) is 8.53. The molecule has 2 N–H and O–H groups in total. The average Bonchev–Trinajstić information content (AvgIpc) is 3.02. The van der Waals surface area contributed by atoms with Crippen LogP contribution in [0.3, 0.4) is 0 Å². The summed E-state index contributed by atoms with van der Waals surface area (Å²) < 4.78 is 28.2. The normalized spacial score (nSPS) is 15.0. The van der Waals surface area contributed by atoms with Crippen LogP contribution in [0, 0.1) is 0 Å². The lowest BCUT2D eigenvalue weighted by molar-refractivity contribution is -0.117. The first-order valence-corrected chi connectivity index (χ1v) is 10.5. The lowest BCUT2D eigenvalue weighted by Gasteiger charge is -2.24. The number of hydrogen-bond acceptors (Lipinski definition) is 4. The van der Waals surface area contributed by atoms with Crippen molar-refractivity contribution in [3.63, 3.8) is 0 Å². The van der Waals surface area contributed by atoms with Crippen LogP contribution in [-0.2, 0) is 21.2 Å². The quantitative estimate of drug-likeness (QED) is 0.668. The summed E-state index contributed by atoms with van der Waals surface area (Å²) in [5.74, 6) is -0.107. The van der Waals surface area contributed by atoms with Gasteiger partial charge < -0.3 is 10.0 Å². The van der Waals surface area contributed by atoms with Gasteiger partial charge in [-0.05, 0) is 34.5 Å². The fourth-order valence-electron chi connectivity index (χ4n) is 3.49. The van der Waals surface area contributed by atoms with E-state index in [2.05, 4.69) is 4.72 Å². The molecule has 6 nitrogen and oxygen atoms in total. The lowest BCUT2D eigenvalue weighted by Crippen LogP contribution is -2.46. The Kier molecular flexibility index (Phi) is 4.89. The minimum Gasteiger partial charge on any atom is -0.395 e. The standard InChI is InChI=1S/C21H20N2O4S/c24-14-18(13-23-20-8-4-3-7-17(20)12-21(23)25)22-28(26,27)19-10-9-15-5-1-2-6-16(15)11-19/h1-11,18,22,24H,12-14H2/t18-/m1/s1. The van der Waals surface area contributed by atoms with E-state index < -0.39 is 22.7 Å². The Balaban J connectivity index is 1.56. The monoisotopic (exact) mass is 396 g/mol. The number of nitrogens with zero attached hydrogens (tertiary/aromatic N) is 1. The van der Waals surface area contributed by atoms with Crippen molar-refractivity contribution in [3.8, 4) is 0 Å². The molecule has 1 amide bonds. The predicted octanol–water partition coefficient (Wildman–Crippen LogP) is 2.07. The summed E-state index contributed by atoms with van der Waals surface area (Å²) in [6.07, 6.45) is 0.283. The third kappa shape index (κ3) is 3.52. The number of anilines is 1. The molecule has 4 rings (SSSR count). The number of carbonyl (C=O) groups is 1. The average molecular weight is 396 g/mol. The molecule has 0 unspecified atom stereocenters. The molecule has 28 heavy (non-hydrogen) atoms. The first-order valence-electron chi connectivity index (χ1n) is 8.98. The fraction of sp³-hybridized carbons (Fsp3) is 0.190. The molecule has 7 heteroatoms. The van der Waals surface area contributed by atoms with Crippen LogP contribution >= 0.6 is 0 Å². The highest BCUT2D eigenvalue weighted by Gasteiger charge is 2.30. The summed E-state index contributed by atoms with van der Waals surface area (Å²) in [5, 5.41) is 11.5. The molecule has 0 saturated heterocycles. The number of fused-ring (bicyclic) bond motifs is 2. The van der Waals surface area contributed by atoms with Crippen LogP contribution < -0.4 is 9.62 Å². The molecule has 1 atom stereocenters. The topological polar surface area (TPSA) is 86.7 Å². The second-order valence-electron chi connectivity index (χ2n) is 6.82. The van der Waals surface area contributed by atoms with Crippen molar-refractivity contribution in [1.82, 2.24) is 4.72 Å². The molecule has 3 aromatic carbocycles. The van der Waals surface area contributed by atoms with Crippen molar-refractivity contribution in [2.45, 2.75) is 17.4 Å². The zero-order chi connectivity index (χ0) is 19.7. The molecule has 1 aliphatic rings. The van der Waals surface area contributed by atoms with E-state index in [1.165, 1.54) is 11.0 Å². The van der Waals surface area contributed by atoms with Crippen molar-refractivity contribution in [2.75, 3.05) is 18.1 Å². The molecule has 0 saturated carbocycles. The van der Waals surface area contributed by atoms with E-state index in [-0.39, 0.29) is 23.8 Å². The Morgan fingerprint density at radius 2 is 1.71 bits per heavy atom. The van der Waals surface area contributed by atoms with Crippen LogP contribution in [0.25, 0.3) is 10.8 Å². The van der Waals surface area contributed by atoms with Crippen molar-refractivity contribution >= 4 is 32.4 Å². The summed E-state index contributed by atoms with van der Waals surface area (Å²) in [5.41, 5.74) is 1.66. The summed E-state index contributed by atoms with van der Waals surface area (Å²) in [7, 11) is -3.85. The van der Waals surface area contributed by atoms with Gasteiger partial charge in [0.15, 0.2) is 0 Å². The Bertz CT molecular complexity index is 1140. The molecule has 1 heterocycles. The fourth-order valence-corrected chi connectivity index (χ4v) is 4.74. The van der Waals surface area contributed by atoms with E-state index in [4.69, 9.17) is 0 Å². The van der Waals surface area contributed by atoms with Gasteiger partial charge in [-0.2, -0.15) is 0 Å². The lowest BCUT2D eigenvalue weighted by atomic mass is 10.1. The van der Waals surface area contributed by atoms with Crippen LogP contribution in [-0.4, -0.2) is 38.6 Å². The Morgan fingerprint density at radius 1 is 1.00 bits per heavy atom. The van der Waals surface area contributed by atoms with Gasteiger partial charge in [0.05, 0.1) is 24.0 Å². The van der Waals surface area contributed by atoms with Crippen LogP contribution in [0.2, 0.25) is 0 Å². The number of nitrogens with one attached hydrogen (secondary N) is 1. The van der Waals surface area contributed by atoms with Gasteiger partial charge in [-0.25, -0.2) is 13.1 Å². The second kappa shape index (κ2) is 7.35. The van der Waals surface area contributed by atoms with E-state index in [1.54, 1.807) is 12.1 Å². The van der Waals surface area contributed by atoms with E-state index in [0.29, 0.717) is 0 Å². The molecular weight excluding hydrogens is 376 g/mol. The smallest absolute Gasteiger partial charge is 0.240 e. The van der Waals surface area contributed by atoms with Crippen LogP contribution in [0.5, 0.6) is 0 Å². The number of carbonyl (C=O) groups excluding carboxylic acids is 1. The minimum atomic E-state index is -3.85. The molecular formula is C21H20N2O4S. The van der Waals surface area contributed by atoms with Gasteiger partial charge in [-0.3, -0.25) is 4.79 Å². The summed E-state index contributed by atoms with van der Waals surface area (Å²) >= 11 is 0. The number of hydrogen-bond donors (Lipinski definition) is 2. The highest BCUT2D eigenvalue weighted by atomic mass is 32.2. The van der Waals surface area contributed by atoms with Gasteiger partial charge in [-0.1, -0.05) is 48.5 Å². The summed E-state index contributed by atoms with van der Waals surface area (Å²) in [6.45, 7) is -0.349. The number of sulfonamides is 1. The van der Waals surface area contributed by atoms with Crippen molar-refractivity contribution in [3.05, 3.63) is 72.3 Å². The zero-order valence-corrected chi connectivity index (χ0v) is 15.9. The maximum Gasteiger partial charge on any atom is 0.240 e. The van der Waals surface area contributed by atoms with Gasteiger partial charge in [0.1, 0.15) is 0 Å². The number of rotatable bonds is 6. The first-order chi connectivity index (χ1) is 13.5. The van der Waals surface area contributed by atoms with E-state index >= 15 is 0 Å². The molecule has 0 aliphatic carbocycles. The maximum absolute atomic E-state index is 12.8. The molecule has 144 valence electrons. The van der Waals surface area contributed by atoms with Crippen molar-refractivity contribution in [2.24, 2.45) is 0 Å². The van der Waals surface area contributed by atoms with Crippen molar-refractivity contribution in [1.29, 1.82) is 0 Å². The molecule has 0 fully saturated rings. The number of benzene rings is 3. The number of para-hydroxylation sites is 1. The van der Waals surface area contributed by atoms with Gasteiger partial charge in [0.25, 0.3) is 0 Å². The van der Waals surface area contributed by atoms with E-state index in [9.17, 15) is 18.3 Å². The molecule has 3 aromatic rings. The highest BCUT2D eigenvalue weighted by Crippen LogP contribution is 2.28. The Hall–Kier alpha value is -2.74. The summed E-state index contributed by atoms with van der Waals surface area (Å²) in [6, 6.07) is 19.0. The molecule has 1 aliphatic heterocycles. The SMILES string of the molecule is O=C1Cc2ccccc2N1C[C@H](CO)NS(=O)(=O)c1ccc2ccccc2c1. The number of amides is 1. The molecule has 0 spiro atoms. The van der Waals surface area contributed by atoms with Gasteiger partial charge >= 0.3 is 0 Å². The van der Waals surface area contributed by atoms with Gasteiger partial charge in [-0.15, -0.1) is 0 Å². The van der Waals surface area contributed by atoms with Crippen LogP contribution in [0.4, 0.5) is 5.69 Å². The highest BCUT2D eigenvalue weighted by molar-refractivity contribution is 7.89.